The molecule has 4 nitrogen and oxygen atoms in total. The van der Waals surface area contributed by atoms with Gasteiger partial charge in [0.1, 0.15) is 13.2 Å². The van der Waals surface area contributed by atoms with Crippen LogP contribution >= 0.6 is 11.6 Å². The van der Waals surface area contributed by atoms with E-state index in [2.05, 4.69) is 0 Å². The van der Waals surface area contributed by atoms with Gasteiger partial charge in [-0.15, -0.1) is 0 Å². The number of hydrogen-bond acceptors (Lipinski definition) is 3. The predicted molar refractivity (Wildman–Crippen MR) is 63.7 cm³/mol. The van der Waals surface area contributed by atoms with Crippen molar-refractivity contribution in [2.75, 3.05) is 13.2 Å². The molecule has 0 amide bonds. The Morgan fingerprint density at radius 1 is 1.35 bits per heavy atom. The van der Waals surface area contributed by atoms with Crippen molar-refractivity contribution in [1.82, 2.24) is 0 Å². The monoisotopic (exact) mass is 254 g/mol. The van der Waals surface area contributed by atoms with Crippen molar-refractivity contribution in [2.24, 2.45) is 0 Å². The van der Waals surface area contributed by atoms with Gasteiger partial charge in [-0.2, -0.15) is 0 Å². The molecule has 17 heavy (non-hydrogen) atoms. The van der Waals surface area contributed by atoms with E-state index in [9.17, 15) is 4.79 Å². The van der Waals surface area contributed by atoms with E-state index < -0.39 is 5.97 Å². The molecule has 1 aromatic carbocycles. The largest absolute Gasteiger partial charge is 0.486 e. The van der Waals surface area contributed by atoms with Gasteiger partial charge in [-0.3, -0.25) is 0 Å². The number of ether oxygens (including phenoxy) is 2. The number of hydrogen-bond donors (Lipinski definition) is 1. The zero-order valence-electron chi connectivity index (χ0n) is 9.20. The van der Waals surface area contributed by atoms with Gasteiger partial charge in [0.2, 0.25) is 0 Å². The van der Waals surface area contributed by atoms with E-state index in [4.69, 9.17) is 26.2 Å². The smallest absolute Gasteiger partial charge is 0.328 e. The molecule has 1 aliphatic rings. The molecule has 0 unspecified atom stereocenters. The third-order valence-corrected chi connectivity index (χ3v) is 2.71. The van der Waals surface area contributed by atoms with E-state index in [0.717, 1.165) is 6.08 Å². The molecular formula is C12H11ClO4. The lowest BCUT2D eigenvalue weighted by Gasteiger charge is -2.19. The number of benzene rings is 1. The molecule has 0 atom stereocenters. The first-order chi connectivity index (χ1) is 8.08. The van der Waals surface area contributed by atoms with Crippen LogP contribution in [0.5, 0.6) is 11.5 Å². The van der Waals surface area contributed by atoms with E-state index in [1.807, 2.05) is 0 Å². The van der Waals surface area contributed by atoms with Crippen LogP contribution in [-0.4, -0.2) is 24.3 Å². The highest BCUT2D eigenvalue weighted by Crippen LogP contribution is 2.37. The lowest BCUT2D eigenvalue weighted by atomic mass is 10.1. The summed E-state index contributed by atoms with van der Waals surface area (Å²) >= 11 is 6.07. The fraction of sp³-hybridized carbons (Fsp3) is 0.250. The molecule has 0 saturated carbocycles. The van der Waals surface area contributed by atoms with Crippen LogP contribution in [0.2, 0.25) is 5.02 Å². The van der Waals surface area contributed by atoms with E-state index >= 15 is 0 Å². The Balaban J connectivity index is 2.45. The molecule has 0 radical (unpaired) electrons. The quantitative estimate of drug-likeness (QED) is 0.825. The molecule has 0 bridgehead atoms. The van der Waals surface area contributed by atoms with Gasteiger partial charge < -0.3 is 14.6 Å². The lowest BCUT2D eigenvalue weighted by molar-refractivity contribution is -0.131. The molecular weight excluding hydrogens is 244 g/mol. The van der Waals surface area contributed by atoms with Crippen LogP contribution < -0.4 is 9.47 Å². The van der Waals surface area contributed by atoms with Crippen molar-refractivity contribution in [2.45, 2.75) is 6.92 Å². The van der Waals surface area contributed by atoms with Gasteiger partial charge in [0.05, 0.1) is 5.02 Å². The Hall–Kier alpha value is -1.68. The summed E-state index contributed by atoms with van der Waals surface area (Å²) in [6.07, 6.45) is 1.11. The van der Waals surface area contributed by atoms with Crippen LogP contribution in [0.3, 0.4) is 0 Å². The Labute approximate surface area is 103 Å². The Kier molecular flexibility index (Phi) is 3.24. The van der Waals surface area contributed by atoms with E-state index in [1.165, 1.54) is 0 Å². The summed E-state index contributed by atoms with van der Waals surface area (Å²) in [5.41, 5.74) is 1.21. The lowest BCUT2D eigenvalue weighted by Crippen LogP contribution is -2.15. The molecule has 0 saturated heterocycles. The highest BCUT2D eigenvalue weighted by molar-refractivity contribution is 6.32. The van der Waals surface area contributed by atoms with Gasteiger partial charge >= 0.3 is 5.97 Å². The first-order valence-electron chi connectivity index (χ1n) is 5.08. The maximum absolute atomic E-state index is 10.6. The maximum Gasteiger partial charge on any atom is 0.328 e. The van der Waals surface area contributed by atoms with Crippen molar-refractivity contribution < 1.29 is 19.4 Å². The zero-order chi connectivity index (χ0) is 12.4. The van der Waals surface area contributed by atoms with Gasteiger partial charge in [0, 0.05) is 17.7 Å². The fourth-order valence-corrected chi connectivity index (χ4v) is 1.93. The standard InChI is InChI=1S/C12H11ClO4/c1-7(4-12(14)15)8-5-10-11(6-9(8)13)17-3-2-16-10/h4-6H,2-3H2,1H3,(H,14,15)/b7-4+. The molecule has 0 aromatic heterocycles. The van der Waals surface area contributed by atoms with Crippen molar-refractivity contribution in [1.29, 1.82) is 0 Å². The van der Waals surface area contributed by atoms with E-state index in [0.29, 0.717) is 40.9 Å². The number of rotatable bonds is 2. The number of carbonyl (C=O) groups is 1. The van der Waals surface area contributed by atoms with Crippen molar-refractivity contribution in [3.63, 3.8) is 0 Å². The molecule has 1 aliphatic heterocycles. The van der Waals surface area contributed by atoms with Crippen LogP contribution in [0, 0.1) is 0 Å². The number of allylic oxidation sites excluding steroid dienone is 1. The Bertz CT molecular complexity index is 494. The second-order valence-corrected chi connectivity index (χ2v) is 4.05. The predicted octanol–water partition coefficient (Wildman–Crippen LogP) is 2.60. The molecule has 5 heteroatoms. The molecule has 90 valence electrons. The summed E-state index contributed by atoms with van der Waals surface area (Å²) < 4.78 is 10.8. The number of carboxylic acid groups (broad SMARTS) is 1. The number of halogens is 1. The summed E-state index contributed by atoms with van der Waals surface area (Å²) in [5.74, 6) is 0.176. The van der Waals surface area contributed by atoms with E-state index in [1.54, 1.807) is 19.1 Å². The van der Waals surface area contributed by atoms with Crippen LogP contribution in [0.1, 0.15) is 12.5 Å². The topological polar surface area (TPSA) is 55.8 Å². The third kappa shape index (κ3) is 2.53. The van der Waals surface area contributed by atoms with Gasteiger partial charge in [0.15, 0.2) is 11.5 Å². The number of carboxylic acids is 1. The minimum absolute atomic E-state index is 0.448. The highest BCUT2D eigenvalue weighted by Gasteiger charge is 2.15. The van der Waals surface area contributed by atoms with Crippen LogP contribution in [0.15, 0.2) is 18.2 Å². The fourth-order valence-electron chi connectivity index (χ4n) is 1.63. The van der Waals surface area contributed by atoms with Gasteiger partial charge in [-0.25, -0.2) is 4.79 Å². The zero-order valence-corrected chi connectivity index (χ0v) is 9.95. The van der Waals surface area contributed by atoms with Crippen LogP contribution in [0.4, 0.5) is 0 Å². The van der Waals surface area contributed by atoms with Crippen LogP contribution in [-0.2, 0) is 4.79 Å². The van der Waals surface area contributed by atoms with Gasteiger partial charge in [-0.05, 0) is 18.6 Å². The molecule has 1 heterocycles. The van der Waals surface area contributed by atoms with Crippen molar-refractivity contribution in [3.8, 4) is 11.5 Å². The second kappa shape index (κ2) is 4.67. The molecule has 0 spiro atoms. The normalized spacial score (nSPS) is 14.6. The molecule has 0 aliphatic carbocycles. The van der Waals surface area contributed by atoms with E-state index in [-0.39, 0.29) is 0 Å². The minimum Gasteiger partial charge on any atom is -0.486 e. The average molecular weight is 255 g/mol. The minimum atomic E-state index is -1.01. The summed E-state index contributed by atoms with van der Waals surface area (Å²) in [5, 5.41) is 9.15. The summed E-state index contributed by atoms with van der Waals surface area (Å²) in [7, 11) is 0. The van der Waals surface area contributed by atoms with Gasteiger partial charge in [-0.1, -0.05) is 11.6 Å². The summed E-state index contributed by atoms with van der Waals surface area (Å²) in [4.78, 5) is 10.6. The first-order valence-corrected chi connectivity index (χ1v) is 5.46. The third-order valence-electron chi connectivity index (χ3n) is 2.40. The molecule has 2 rings (SSSR count). The van der Waals surface area contributed by atoms with Crippen molar-refractivity contribution >= 4 is 23.1 Å². The Morgan fingerprint density at radius 3 is 2.53 bits per heavy atom. The summed E-state index contributed by atoms with van der Waals surface area (Å²) in [6.45, 7) is 2.66. The van der Waals surface area contributed by atoms with Gasteiger partial charge in [0.25, 0.3) is 0 Å². The Morgan fingerprint density at radius 2 is 1.94 bits per heavy atom. The maximum atomic E-state index is 10.6. The summed E-state index contributed by atoms with van der Waals surface area (Å²) in [6, 6.07) is 3.34. The average Bonchev–Trinajstić information content (AvgIpc) is 2.27. The molecule has 0 fully saturated rings. The highest BCUT2D eigenvalue weighted by atomic mass is 35.5. The SMILES string of the molecule is C/C(=C\C(=O)O)c1cc2c(cc1Cl)OCCO2. The number of aliphatic carboxylic acids is 1. The number of fused-ring (bicyclic) bond motifs is 1. The van der Waals surface area contributed by atoms with Crippen molar-refractivity contribution in [3.05, 3.63) is 28.8 Å². The second-order valence-electron chi connectivity index (χ2n) is 3.64. The molecule has 1 N–H and O–H groups in total. The van der Waals surface area contributed by atoms with Crippen LogP contribution in [0.25, 0.3) is 5.57 Å². The molecule has 1 aromatic rings. The first kappa shape index (κ1) is 11.8.